The summed E-state index contributed by atoms with van der Waals surface area (Å²) in [7, 11) is 0. The molecule has 0 atom stereocenters. The maximum atomic E-state index is 12.7. The minimum absolute atomic E-state index is 0.158. The topological polar surface area (TPSA) is 94.3 Å². The average Bonchev–Trinajstić information content (AvgIpc) is 3.30. The lowest BCUT2D eigenvalue weighted by Gasteiger charge is -2.04. The largest absolute Gasteiger partial charge is 0.268 e. The molecular weight excluding hydrogens is 350 g/mol. The molecular formula is C17H13N7OS. The molecule has 0 radical (unpaired) electrons. The first-order valence-corrected chi connectivity index (χ1v) is 8.22. The Labute approximate surface area is 153 Å². The van der Waals surface area contributed by atoms with Gasteiger partial charge in [-0.1, -0.05) is 48.5 Å². The van der Waals surface area contributed by atoms with Gasteiger partial charge in [0, 0.05) is 11.1 Å². The van der Waals surface area contributed by atoms with E-state index in [0.717, 1.165) is 5.56 Å². The normalized spacial score (nSPS) is 10.8. The van der Waals surface area contributed by atoms with Crippen LogP contribution in [0, 0.1) is 4.77 Å². The zero-order valence-electron chi connectivity index (χ0n) is 13.5. The van der Waals surface area contributed by atoms with Crippen molar-refractivity contribution in [1.82, 2.24) is 35.0 Å². The van der Waals surface area contributed by atoms with E-state index in [-0.39, 0.29) is 17.2 Å². The van der Waals surface area contributed by atoms with Crippen LogP contribution in [0.2, 0.25) is 0 Å². The van der Waals surface area contributed by atoms with Gasteiger partial charge in [0.15, 0.2) is 5.82 Å². The van der Waals surface area contributed by atoms with Gasteiger partial charge in [0.2, 0.25) is 10.6 Å². The SMILES string of the molecule is O=C(c1ccccc1)n1c(Cn2nnc(-c3ccccc3)n2)n[nH]c1=S. The molecule has 0 aliphatic carbocycles. The van der Waals surface area contributed by atoms with Gasteiger partial charge in [-0.05, 0) is 29.6 Å². The number of hydrogen-bond acceptors (Lipinski definition) is 6. The summed E-state index contributed by atoms with van der Waals surface area (Å²) in [5.74, 6) is 0.643. The number of carbonyl (C=O) groups excluding carboxylic acids is 1. The summed E-state index contributed by atoms with van der Waals surface area (Å²) in [6, 6.07) is 18.4. The van der Waals surface area contributed by atoms with Crippen molar-refractivity contribution in [2.45, 2.75) is 6.54 Å². The van der Waals surface area contributed by atoms with Crippen LogP contribution in [0.1, 0.15) is 16.2 Å². The summed E-state index contributed by atoms with van der Waals surface area (Å²) in [6.07, 6.45) is 0. The molecule has 0 bridgehead atoms. The highest BCUT2D eigenvalue weighted by atomic mass is 32.1. The fourth-order valence-corrected chi connectivity index (χ4v) is 2.73. The van der Waals surface area contributed by atoms with E-state index < -0.39 is 0 Å². The van der Waals surface area contributed by atoms with E-state index in [1.54, 1.807) is 24.3 Å². The summed E-state index contributed by atoms with van der Waals surface area (Å²) in [5, 5.41) is 19.2. The van der Waals surface area contributed by atoms with E-state index in [4.69, 9.17) is 12.2 Å². The van der Waals surface area contributed by atoms with Crippen LogP contribution in [-0.4, -0.2) is 40.9 Å². The second kappa shape index (κ2) is 6.81. The average molecular weight is 363 g/mol. The van der Waals surface area contributed by atoms with Crippen LogP contribution >= 0.6 is 12.2 Å². The molecule has 4 aromatic rings. The summed E-state index contributed by atoms with van der Waals surface area (Å²) in [4.78, 5) is 14.1. The van der Waals surface area contributed by atoms with Gasteiger partial charge in [-0.2, -0.15) is 9.90 Å². The third kappa shape index (κ3) is 3.07. The van der Waals surface area contributed by atoms with Crippen LogP contribution in [-0.2, 0) is 6.54 Å². The van der Waals surface area contributed by atoms with Crippen molar-refractivity contribution >= 4 is 18.1 Å². The number of hydrogen-bond donors (Lipinski definition) is 1. The van der Waals surface area contributed by atoms with E-state index in [1.165, 1.54) is 9.36 Å². The minimum atomic E-state index is -0.261. The van der Waals surface area contributed by atoms with Gasteiger partial charge in [-0.15, -0.1) is 10.2 Å². The van der Waals surface area contributed by atoms with Crippen molar-refractivity contribution in [1.29, 1.82) is 0 Å². The molecule has 128 valence electrons. The standard InChI is InChI=1S/C17H13N7OS/c25-16(13-9-5-2-6-10-13)24-14(18-20-17(24)26)11-23-21-15(19-22-23)12-7-3-1-4-8-12/h1-10H,11H2,(H,20,26). The maximum absolute atomic E-state index is 12.7. The summed E-state index contributed by atoms with van der Waals surface area (Å²) >= 11 is 5.21. The number of aromatic amines is 1. The van der Waals surface area contributed by atoms with Crippen LogP contribution in [0.25, 0.3) is 11.4 Å². The van der Waals surface area contributed by atoms with Crippen molar-refractivity contribution in [2.75, 3.05) is 0 Å². The molecule has 0 saturated heterocycles. The highest BCUT2D eigenvalue weighted by Crippen LogP contribution is 2.12. The van der Waals surface area contributed by atoms with Crippen LogP contribution in [0.5, 0.6) is 0 Å². The third-order valence-corrected chi connectivity index (χ3v) is 4.01. The van der Waals surface area contributed by atoms with E-state index in [2.05, 4.69) is 25.6 Å². The van der Waals surface area contributed by atoms with Gasteiger partial charge in [0.25, 0.3) is 5.91 Å². The van der Waals surface area contributed by atoms with E-state index >= 15 is 0 Å². The van der Waals surface area contributed by atoms with Crippen LogP contribution in [0.3, 0.4) is 0 Å². The van der Waals surface area contributed by atoms with Gasteiger partial charge in [-0.3, -0.25) is 9.89 Å². The summed E-state index contributed by atoms with van der Waals surface area (Å²) in [5.41, 5.74) is 1.38. The molecule has 2 heterocycles. The smallest absolute Gasteiger partial charge is 0.265 e. The van der Waals surface area contributed by atoms with E-state index in [9.17, 15) is 4.79 Å². The molecule has 0 saturated carbocycles. The molecule has 2 aromatic carbocycles. The molecule has 26 heavy (non-hydrogen) atoms. The number of benzene rings is 2. The number of carbonyl (C=O) groups is 1. The van der Waals surface area contributed by atoms with Gasteiger partial charge >= 0.3 is 0 Å². The number of nitrogens with zero attached hydrogens (tertiary/aromatic N) is 6. The molecule has 0 spiro atoms. The predicted octanol–water partition coefficient (Wildman–Crippen LogP) is 2.33. The quantitative estimate of drug-likeness (QED) is 0.559. The molecule has 9 heteroatoms. The zero-order valence-corrected chi connectivity index (χ0v) is 14.3. The van der Waals surface area contributed by atoms with Gasteiger partial charge in [-0.25, -0.2) is 4.57 Å². The zero-order chi connectivity index (χ0) is 17.9. The first-order chi connectivity index (χ1) is 12.7. The Kier molecular flexibility index (Phi) is 4.20. The second-order valence-corrected chi connectivity index (χ2v) is 5.85. The minimum Gasteiger partial charge on any atom is -0.268 e. The van der Waals surface area contributed by atoms with Crippen molar-refractivity contribution in [3.05, 3.63) is 76.8 Å². The lowest BCUT2D eigenvalue weighted by molar-refractivity contribution is 0.0954. The number of tetrazole rings is 1. The molecule has 4 rings (SSSR count). The molecule has 8 nitrogen and oxygen atoms in total. The highest BCUT2D eigenvalue weighted by Gasteiger charge is 2.17. The molecule has 0 amide bonds. The predicted molar refractivity (Wildman–Crippen MR) is 95.9 cm³/mol. The second-order valence-electron chi connectivity index (χ2n) is 5.46. The monoisotopic (exact) mass is 363 g/mol. The van der Waals surface area contributed by atoms with Crippen molar-refractivity contribution < 1.29 is 4.79 Å². The van der Waals surface area contributed by atoms with Crippen LogP contribution < -0.4 is 0 Å². The Morgan fingerprint density at radius 2 is 1.73 bits per heavy atom. The first kappa shape index (κ1) is 16.0. The van der Waals surface area contributed by atoms with Crippen LogP contribution in [0.4, 0.5) is 0 Å². The fourth-order valence-electron chi connectivity index (χ4n) is 2.49. The number of aromatic nitrogens is 7. The number of nitrogens with one attached hydrogen (secondary N) is 1. The number of rotatable bonds is 4. The Morgan fingerprint density at radius 1 is 1.04 bits per heavy atom. The lowest BCUT2D eigenvalue weighted by atomic mass is 10.2. The van der Waals surface area contributed by atoms with Crippen LogP contribution in [0.15, 0.2) is 60.7 Å². The molecule has 2 aromatic heterocycles. The summed E-state index contributed by atoms with van der Waals surface area (Å²) < 4.78 is 1.56. The Balaban J connectivity index is 1.64. The molecule has 0 fully saturated rings. The third-order valence-electron chi connectivity index (χ3n) is 3.73. The highest BCUT2D eigenvalue weighted by molar-refractivity contribution is 7.71. The van der Waals surface area contributed by atoms with Crippen molar-refractivity contribution in [2.24, 2.45) is 0 Å². The van der Waals surface area contributed by atoms with E-state index in [0.29, 0.717) is 17.2 Å². The Bertz CT molecular complexity index is 1100. The van der Waals surface area contributed by atoms with Crippen molar-refractivity contribution in [3.8, 4) is 11.4 Å². The first-order valence-electron chi connectivity index (χ1n) is 7.81. The van der Waals surface area contributed by atoms with Gasteiger partial charge in [0.1, 0.15) is 6.54 Å². The van der Waals surface area contributed by atoms with Gasteiger partial charge < -0.3 is 0 Å². The maximum Gasteiger partial charge on any atom is 0.265 e. The van der Waals surface area contributed by atoms with Crippen molar-refractivity contribution in [3.63, 3.8) is 0 Å². The molecule has 1 N–H and O–H groups in total. The van der Waals surface area contributed by atoms with E-state index in [1.807, 2.05) is 36.4 Å². The summed E-state index contributed by atoms with van der Waals surface area (Å²) in [6.45, 7) is 0.158. The van der Waals surface area contributed by atoms with Gasteiger partial charge in [0.05, 0.1) is 0 Å². The molecule has 0 aliphatic heterocycles. The lowest BCUT2D eigenvalue weighted by Crippen LogP contribution is -2.18. The molecule has 0 unspecified atom stereocenters. The number of H-pyrrole nitrogens is 1. The fraction of sp³-hybridized carbons (Fsp3) is 0.0588. The Hall–Kier alpha value is -3.46. The molecule has 0 aliphatic rings. The Morgan fingerprint density at radius 3 is 2.46 bits per heavy atom.